The third kappa shape index (κ3) is 5.33. The zero-order valence-electron chi connectivity index (χ0n) is 15.4. The van der Waals surface area contributed by atoms with E-state index < -0.39 is 11.6 Å². The Morgan fingerprint density at radius 3 is 2.63 bits per heavy atom. The van der Waals surface area contributed by atoms with Crippen molar-refractivity contribution in [1.29, 1.82) is 0 Å². The van der Waals surface area contributed by atoms with E-state index in [-0.39, 0.29) is 5.91 Å². The van der Waals surface area contributed by atoms with Crippen LogP contribution in [-0.2, 0) is 16.1 Å². The first-order chi connectivity index (χ1) is 13.0. The van der Waals surface area contributed by atoms with Crippen molar-refractivity contribution in [2.75, 3.05) is 39.3 Å². The molecule has 0 bridgehead atoms. The lowest BCUT2D eigenvalue weighted by molar-refractivity contribution is -0.130. The van der Waals surface area contributed by atoms with Gasteiger partial charge >= 0.3 is 0 Å². The van der Waals surface area contributed by atoms with Gasteiger partial charge in [-0.05, 0) is 24.6 Å². The second-order valence-electron chi connectivity index (χ2n) is 6.60. The molecule has 0 saturated carbocycles. The van der Waals surface area contributed by atoms with Crippen LogP contribution in [0.3, 0.4) is 0 Å². The summed E-state index contributed by atoms with van der Waals surface area (Å²) in [5, 5.41) is 4.32. The molecule has 1 aliphatic heterocycles. The number of halogens is 2. The summed E-state index contributed by atoms with van der Waals surface area (Å²) in [6.45, 7) is 6.91. The van der Waals surface area contributed by atoms with Crippen LogP contribution in [0.4, 0.5) is 8.78 Å². The second-order valence-corrected chi connectivity index (χ2v) is 6.60. The van der Waals surface area contributed by atoms with Gasteiger partial charge in [0, 0.05) is 58.5 Å². The normalized spacial score (nSPS) is 15.3. The molecular weight excluding hydrogens is 354 g/mol. The number of hydrogen-bond donors (Lipinski definition) is 0. The first-order valence-corrected chi connectivity index (χ1v) is 9.08. The lowest BCUT2D eigenvalue weighted by Gasteiger charge is -2.34. The summed E-state index contributed by atoms with van der Waals surface area (Å²) in [5.41, 5.74) is 1.19. The SMILES string of the molecule is CC(=O)N1CCN(CCCOCc2ccn(-c3ccc(F)c(F)c3)n2)CC1. The van der Waals surface area contributed by atoms with Gasteiger partial charge < -0.3 is 9.64 Å². The number of benzene rings is 1. The largest absolute Gasteiger partial charge is 0.375 e. The topological polar surface area (TPSA) is 50.6 Å². The minimum atomic E-state index is -0.898. The van der Waals surface area contributed by atoms with Crippen LogP contribution in [0.1, 0.15) is 19.0 Å². The van der Waals surface area contributed by atoms with E-state index in [1.165, 1.54) is 10.7 Å². The monoisotopic (exact) mass is 378 g/mol. The minimum Gasteiger partial charge on any atom is -0.375 e. The summed E-state index contributed by atoms with van der Waals surface area (Å²) in [6.07, 6.45) is 2.60. The molecule has 3 rings (SSSR count). The van der Waals surface area contributed by atoms with Crippen molar-refractivity contribution < 1.29 is 18.3 Å². The third-order valence-electron chi connectivity index (χ3n) is 4.64. The summed E-state index contributed by atoms with van der Waals surface area (Å²) in [7, 11) is 0. The molecular formula is C19H24F2N4O2. The second kappa shape index (κ2) is 9.05. The Balaban J connectivity index is 1.36. The fourth-order valence-corrected chi connectivity index (χ4v) is 3.06. The van der Waals surface area contributed by atoms with Crippen molar-refractivity contribution in [3.8, 4) is 5.69 Å². The van der Waals surface area contributed by atoms with Gasteiger partial charge in [-0.3, -0.25) is 9.69 Å². The van der Waals surface area contributed by atoms with E-state index in [0.29, 0.717) is 18.9 Å². The number of ether oxygens (including phenoxy) is 1. The van der Waals surface area contributed by atoms with Crippen LogP contribution < -0.4 is 0 Å². The van der Waals surface area contributed by atoms with E-state index in [1.54, 1.807) is 19.2 Å². The van der Waals surface area contributed by atoms with Gasteiger partial charge in [0.05, 0.1) is 18.0 Å². The maximum Gasteiger partial charge on any atom is 0.219 e. The van der Waals surface area contributed by atoms with E-state index in [0.717, 1.165) is 57.0 Å². The molecule has 1 saturated heterocycles. The maximum atomic E-state index is 13.3. The number of amides is 1. The van der Waals surface area contributed by atoms with Gasteiger partial charge in [-0.15, -0.1) is 0 Å². The Labute approximate surface area is 157 Å². The molecule has 2 heterocycles. The average Bonchev–Trinajstić information content (AvgIpc) is 3.13. The highest BCUT2D eigenvalue weighted by atomic mass is 19.2. The smallest absolute Gasteiger partial charge is 0.219 e. The Kier molecular flexibility index (Phi) is 6.52. The highest BCUT2D eigenvalue weighted by Crippen LogP contribution is 2.13. The number of aromatic nitrogens is 2. The Morgan fingerprint density at radius 2 is 1.93 bits per heavy atom. The van der Waals surface area contributed by atoms with Crippen molar-refractivity contribution in [3.05, 3.63) is 47.8 Å². The van der Waals surface area contributed by atoms with Crippen LogP contribution >= 0.6 is 0 Å². The van der Waals surface area contributed by atoms with Crippen LogP contribution in [-0.4, -0.2) is 64.8 Å². The molecule has 1 aliphatic rings. The summed E-state index contributed by atoms with van der Waals surface area (Å²) < 4.78 is 33.5. The standard InChI is InChI=1S/C19H24F2N4O2/c1-15(26)24-10-8-23(9-11-24)6-2-12-27-14-16-5-7-25(22-16)17-3-4-18(20)19(21)13-17/h3-5,7,13H,2,6,8-12,14H2,1H3. The number of rotatable bonds is 7. The number of carbonyl (C=O) groups excluding carboxylic acids is 1. The Morgan fingerprint density at radius 1 is 1.15 bits per heavy atom. The van der Waals surface area contributed by atoms with Gasteiger partial charge in [0.1, 0.15) is 0 Å². The highest BCUT2D eigenvalue weighted by Gasteiger charge is 2.17. The molecule has 1 fully saturated rings. The van der Waals surface area contributed by atoms with Crippen molar-refractivity contribution in [3.63, 3.8) is 0 Å². The fraction of sp³-hybridized carbons (Fsp3) is 0.474. The predicted octanol–water partition coefficient (Wildman–Crippen LogP) is 2.22. The zero-order chi connectivity index (χ0) is 19.2. The van der Waals surface area contributed by atoms with E-state index in [9.17, 15) is 13.6 Å². The van der Waals surface area contributed by atoms with Crippen LogP contribution in [0.25, 0.3) is 5.69 Å². The van der Waals surface area contributed by atoms with E-state index in [4.69, 9.17) is 4.74 Å². The lowest BCUT2D eigenvalue weighted by Crippen LogP contribution is -2.48. The van der Waals surface area contributed by atoms with Gasteiger partial charge in [0.25, 0.3) is 0 Å². The summed E-state index contributed by atoms with van der Waals surface area (Å²) in [4.78, 5) is 15.5. The molecule has 0 unspecified atom stereocenters. The molecule has 0 spiro atoms. The third-order valence-corrected chi connectivity index (χ3v) is 4.64. The molecule has 2 aromatic rings. The zero-order valence-corrected chi connectivity index (χ0v) is 15.4. The van der Waals surface area contributed by atoms with E-state index >= 15 is 0 Å². The van der Waals surface area contributed by atoms with Gasteiger partial charge in [0.15, 0.2) is 11.6 Å². The minimum absolute atomic E-state index is 0.140. The summed E-state index contributed by atoms with van der Waals surface area (Å²) >= 11 is 0. The quantitative estimate of drug-likeness (QED) is 0.694. The van der Waals surface area contributed by atoms with E-state index in [2.05, 4.69) is 10.00 Å². The van der Waals surface area contributed by atoms with Crippen LogP contribution in [0, 0.1) is 11.6 Å². The maximum absolute atomic E-state index is 13.3. The van der Waals surface area contributed by atoms with Crippen molar-refractivity contribution in [1.82, 2.24) is 19.6 Å². The Hall–Kier alpha value is -2.32. The summed E-state index contributed by atoms with van der Waals surface area (Å²) in [5.74, 6) is -1.64. The predicted molar refractivity (Wildman–Crippen MR) is 96.4 cm³/mol. The molecule has 1 aromatic carbocycles. The van der Waals surface area contributed by atoms with Gasteiger partial charge in [-0.2, -0.15) is 5.10 Å². The average molecular weight is 378 g/mol. The Bertz CT molecular complexity index is 773. The molecule has 1 amide bonds. The van der Waals surface area contributed by atoms with E-state index in [1.807, 2.05) is 4.90 Å². The summed E-state index contributed by atoms with van der Waals surface area (Å²) in [6, 6.07) is 5.46. The highest BCUT2D eigenvalue weighted by molar-refractivity contribution is 5.73. The van der Waals surface area contributed by atoms with Gasteiger partial charge in [0.2, 0.25) is 5.91 Å². The molecule has 27 heavy (non-hydrogen) atoms. The van der Waals surface area contributed by atoms with Crippen LogP contribution in [0.2, 0.25) is 0 Å². The van der Waals surface area contributed by atoms with Crippen molar-refractivity contribution in [2.45, 2.75) is 20.0 Å². The molecule has 1 aromatic heterocycles. The molecule has 0 radical (unpaired) electrons. The van der Waals surface area contributed by atoms with Crippen LogP contribution in [0.15, 0.2) is 30.5 Å². The number of piperazine rings is 1. The van der Waals surface area contributed by atoms with Gasteiger partial charge in [-0.1, -0.05) is 0 Å². The van der Waals surface area contributed by atoms with Crippen molar-refractivity contribution in [2.24, 2.45) is 0 Å². The molecule has 146 valence electrons. The number of hydrogen-bond acceptors (Lipinski definition) is 4. The van der Waals surface area contributed by atoms with Gasteiger partial charge in [-0.25, -0.2) is 13.5 Å². The molecule has 0 atom stereocenters. The molecule has 8 heteroatoms. The number of carbonyl (C=O) groups is 1. The van der Waals surface area contributed by atoms with Crippen molar-refractivity contribution >= 4 is 5.91 Å². The molecule has 0 N–H and O–H groups in total. The van der Waals surface area contributed by atoms with Crippen LogP contribution in [0.5, 0.6) is 0 Å². The fourth-order valence-electron chi connectivity index (χ4n) is 3.06. The molecule has 0 aliphatic carbocycles. The lowest BCUT2D eigenvalue weighted by atomic mass is 10.3. The molecule has 6 nitrogen and oxygen atoms in total. The first-order valence-electron chi connectivity index (χ1n) is 9.08. The first kappa shape index (κ1) is 19.4. The number of nitrogens with zero attached hydrogens (tertiary/aromatic N) is 4.